The maximum atomic E-state index is 12.1. The molecule has 7 heteroatoms. The summed E-state index contributed by atoms with van der Waals surface area (Å²) >= 11 is 6.40. The van der Waals surface area contributed by atoms with Crippen molar-refractivity contribution in [3.05, 3.63) is 63.7 Å². The lowest BCUT2D eigenvalue weighted by Gasteiger charge is -2.15. The molecule has 0 heterocycles. The summed E-state index contributed by atoms with van der Waals surface area (Å²) in [6.07, 6.45) is 1.45. The number of nitriles is 2. The monoisotopic (exact) mass is 409 g/mol. The van der Waals surface area contributed by atoms with Gasteiger partial charge in [0.2, 0.25) is 0 Å². The van der Waals surface area contributed by atoms with Gasteiger partial charge in [-0.2, -0.15) is 10.5 Å². The van der Waals surface area contributed by atoms with Gasteiger partial charge >= 0.3 is 0 Å². The number of ether oxygens (including phenoxy) is 2. The third kappa shape index (κ3) is 5.51. The van der Waals surface area contributed by atoms with E-state index in [1.165, 1.54) is 11.0 Å². The van der Waals surface area contributed by atoms with E-state index < -0.39 is 5.91 Å². The maximum Gasteiger partial charge on any atom is 0.264 e. The molecule has 1 amide bonds. The molecule has 0 spiro atoms. The van der Waals surface area contributed by atoms with Crippen molar-refractivity contribution in [2.24, 2.45) is 0 Å². The highest BCUT2D eigenvalue weighted by atomic mass is 35.5. The standard InChI is InChI=1S/C22H20ClN3O3/c1-4-28-20-11-15(9-18(13-25)22(27)26(2)3)10-19(23)21(20)29-14-17-8-6-5-7-16(17)12-24/h5-11H,4,14H2,1-3H3. The molecule has 0 aliphatic rings. The van der Waals surface area contributed by atoms with Gasteiger partial charge in [-0.05, 0) is 36.8 Å². The van der Waals surface area contributed by atoms with Crippen molar-refractivity contribution in [2.45, 2.75) is 13.5 Å². The largest absolute Gasteiger partial charge is 0.490 e. The van der Waals surface area contributed by atoms with E-state index in [0.717, 1.165) is 5.56 Å². The fourth-order valence-corrected chi connectivity index (χ4v) is 2.80. The number of halogens is 1. The smallest absolute Gasteiger partial charge is 0.264 e. The van der Waals surface area contributed by atoms with E-state index in [1.807, 2.05) is 19.1 Å². The second-order valence-corrected chi connectivity index (χ2v) is 6.60. The summed E-state index contributed by atoms with van der Waals surface area (Å²) in [5.41, 5.74) is 1.75. The molecule has 0 unspecified atom stereocenters. The molecular weight excluding hydrogens is 390 g/mol. The van der Waals surface area contributed by atoms with Crippen LogP contribution in [0.25, 0.3) is 6.08 Å². The Bertz CT molecular complexity index is 1020. The molecule has 0 saturated carbocycles. The first kappa shape index (κ1) is 21.8. The zero-order valence-electron chi connectivity index (χ0n) is 16.4. The maximum absolute atomic E-state index is 12.1. The quantitative estimate of drug-likeness (QED) is 0.505. The topological polar surface area (TPSA) is 86.3 Å². The molecule has 6 nitrogen and oxygen atoms in total. The number of carbonyl (C=O) groups is 1. The van der Waals surface area contributed by atoms with Gasteiger partial charge in [0.05, 0.1) is 23.3 Å². The summed E-state index contributed by atoms with van der Waals surface area (Å²) in [6, 6.07) is 14.4. The summed E-state index contributed by atoms with van der Waals surface area (Å²) in [6.45, 7) is 2.33. The van der Waals surface area contributed by atoms with Crippen LogP contribution >= 0.6 is 11.6 Å². The van der Waals surface area contributed by atoms with Crippen LogP contribution in [-0.4, -0.2) is 31.5 Å². The third-order valence-electron chi connectivity index (χ3n) is 3.91. The van der Waals surface area contributed by atoms with E-state index in [9.17, 15) is 15.3 Å². The first-order valence-electron chi connectivity index (χ1n) is 8.81. The van der Waals surface area contributed by atoms with Crippen molar-refractivity contribution >= 4 is 23.6 Å². The lowest BCUT2D eigenvalue weighted by Crippen LogP contribution is -2.22. The molecule has 0 aliphatic carbocycles. The van der Waals surface area contributed by atoms with Gasteiger partial charge in [-0.3, -0.25) is 4.79 Å². The fourth-order valence-electron chi connectivity index (χ4n) is 2.53. The van der Waals surface area contributed by atoms with Crippen LogP contribution in [0.15, 0.2) is 42.0 Å². The minimum atomic E-state index is -0.407. The zero-order valence-corrected chi connectivity index (χ0v) is 17.2. The molecule has 2 rings (SSSR count). The predicted octanol–water partition coefficient (Wildman–Crippen LogP) is 4.18. The summed E-state index contributed by atoms with van der Waals surface area (Å²) < 4.78 is 11.5. The number of hydrogen-bond acceptors (Lipinski definition) is 5. The van der Waals surface area contributed by atoms with E-state index in [1.54, 1.807) is 44.4 Å². The molecule has 29 heavy (non-hydrogen) atoms. The van der Waals surface area contributed by atoms with Crippen molar-refractivity contribution < 1.29 is 14.3 Å². The number of rotatable bonds is 7. The van der Waals surface area contributed by atoms with E-state index in [4.69, 9.17) is 21.1 Å². The Kier molecular flexibility index (Phi) is 7.65. The second kappa shape index (κ2) is 10.2. The Hall–Kier alpha value is -3.48. The first-order chi connectivity index (χ1) is 13.9. The predicted molar refractivity (Wildman–Crippen MR) is 110 cm³/mol. The lowest BCUT2D eigenvalue weighted by atomic mass is 10.1. The number of hydrogen-bond donors (Lipinski definition) is 0. The Labute approximate surface area is 175 Å². The highest BCUT2D eigenvalue weighted by Crippen LogP contribution is 2.38. The average Bonchev–Trinajstić information content (AvgIpc) is 2.71. The minimum Gasteiger partial charge on any atom is -0.490 e. The van der Waals surface area contributed by atoms with Gasteiger partial charge in [-0.25, -0.2) is 0 Å². The number of benzene rings is 2. The van der Waals surface area contributed by atoms with E-state index >= 15 is 0 Å². The molecule has 0 N–H and O–H groups in total. The summed E-state index contributed by atoms with van der Waals surface area (Å²) in [7, 11) is 3.14. The number of likely N-dealkylation sites (N-methyl/N-ethyl adjacent to an activating group) is 1. The van der Waals surface area contributed by atoms with Crippen LogP contribution in [0.3, 0.4) is 0 Å². The Morgan fingerprint density at radius 2 is 1.93 bits per heavy atom. The van der Waals surface area contributed by atoms with Gasteiger partial charge in [0.1, 0.15) is 18.2 Å². The zero-order chi connectivity index (χ0) is 21.4. The molecule has 0 radical (unpaired) electrons. The SMILES string of the molecule is CCOc1cc(C=C(C#N)C(=O)N(C)C)cc(Cl)c1OCc1ccccc1C#N. The highest BCUT2D eigenvalue weighted by Gasteiger charge is 2.16. The fraction of sp³-hybridized carbons (Fsp3) is 0.227. The highest BCUT2D eigenvalue weighted by molar-refractivity contribution is 6.32. The summed E-state index contributed by atoms with van der Waals surface area (Å²) in [4.78, 5) is 13.4. The molecule has 0 saturated heterocycles. The van der Waals surface area contributed by atoms with E-state index in [-0.39, 0.29) is 17.2 Å². The Morgan fingerprint density at radius 3 is 2.55 bits per heavy atom. The van der Waals surface area contributed by atoms with Gasteiger partial charge in [-0.1, -0.05) is 29.8 Å². The molecular formula is C22H20ClN3O3. The second-order valence-electron chi connectivity index (χ2n) is 6.19. The summed E-state index contributed by atoms with van der Waals surface area (Å²) in [5, 5.41) is 18.8. The van der Waals surface area contributed by atoms with Gasteiger partial charge < -0.3 is 14.4 Å². The normalized spacial score (nSPS) is 10.6. The lowest BCUT2D eigenvalue weighted by molar-refractivity contribution is -0.124. The molecule has 0 aromatic heterocycles. The minimum absolute atomic E-state index is 0.0230. The number of nitrogens with zero attached hydrogens (tertiary/aromatic N) is 3. The van der Waals surface area contributed by atoms with E-state index in [0.29, 0.717) is 29.2 Å². The number of amides is 1. The molecule has 0 fully saturated rings. The van der Waals surface area contributed by atoms with Crippen molar-refractivity contribution in [2.75, 3.05) is 20.7 Å². The van der Waals surface area contributed by atoms with Crippen LogP contribution in [0.1, 0.15) is 23.6 Å². The van der Waals surface area contributed by atoms with E-state index in [2.05, 4.69) is 6.07 Å². The van der Waals surface area contributed by atoms with Crippen LogP contribution in [0.4, 0.5) is 0 Å². The van der Waals surface area contributed by atoms with Crippen molar-refractivity contribution in [3.8, 4) is 23.6 Å². The van der Waals surface area contributed by atoms with Crippen LogP contribution in [-0.2, 0) is 11.4 Å². The van der Waals surface area contributed by atoms with Gasteiger partial charge in [0.15, 0.2) is 11.5 Å². The van der Waals surface area contributed by atoms with Crippen LogP contribution < -0.4 is 9.47 Å². The van der Waals surface area contributed by atoms with Crippen LogP contribution in [0.2, 0.25) is 5.02 Å². The van der Waals surface area contributed by atoms with Crippen molar-refractivity contribution in [1.82, 2.24) is 4.90 Å². The third-order valence-corrected chi connectivity index (χ3v) is 4.19. The van der Waals surface area contributed by atoms with Gasteiger partial charge in [0.25, 0.3) is 5.91 Å². The first-order valence-corrected chi connectivity index (χ1v) is 9.19. The molecule has 0 atom stereocenters. The van der Waals surface area contributed by atoms with Crippen molar-refractivity contribution in [3.63, 3.8) is 0 Å². The average molecular weight is 410 g/mol. The van der Waals surface area contributed by atoms with Gasteiger partial charge in [0, 0.05) is 19.7 Å². The molecule has 148 valence electrons. The Morgan fingerprint density at radius 1 is 1.21 bits per heavy atom. The molecule has 0 bridgehead atoms. The number of carbonyl (C=O) groups excluding carboxylic acids is 1. The molecule has 0 aliphatic heterocycles. The Balaban J connectivity index is 2.39. The molecule has 2 aromatic carbocycles. The van der Waals surface area contributed by atoms with Crippen LogP contribution in [0, 0.1) is 22.7 Å². The molecule has 2 aromatic rings. The van der Waals surface area contributed by atoms with Crippen molar-refractivity contribution in [1.29, 1.82) is 10.5 Å². The summed E-state index contributed by atoms with van der Waals surface area (Å²) in [5.74, 6) is 0.307. The van der Waals surface area contributed by atoms with Gasteiger partial charge in [-0.15, -0.1) is 0 Å². The van der Waals surface area contributed by atoms with Crippen LogP contribution in [0.5, 0.6) is 11.5 Å².